The zero-order valence-electron chi connectivity index (χ0n) is 26.4. The van der Waals surface area contributed by atoms with E-state index in [9.17, 15) is 14.4 Å². The smallest absolute Gasteiger partial charge is 0.262 e. The Kier molecular flexibility index (Phi) is 8.51. The van der Waals surface area contributed by atoms with Gasteiger partial charge in [-0.15, -0.1) is 0 Å². The van der Waals surface area contributed by atoms with Crippen molar-refractivity contribution in [1.82, 2.24) is 4.90 Å². The summed E-state index contributed by atoms with van der Waals surface area (Å²) in [5.74, 6) is 0.116. The van der Waals surface area contributed by atoms with Gasteiger partial charge in [0.2, 0.25) is 0 Å². The van der Waals surface area contributed by atoms with E-state index in [-0.39, 0.29) is 34.9 Å². The topological polar surface area (TPSA) is 75.7 Å². The van der Waals surface area contributed by atoms with Crippen molar-refractivity contribution in [3.05, 3.63) is 80.1 Å². The van der Waals surface area contributed by atoms with E-state index in [2.05, 4.69) is 60.8 Å². The molecule has 0 spiro atoms. The van der Waals surface area contributed by atoms with Crippen molar-refractivity contribution >= 4 is 39.1 Å². The van der Waals surface area contributed by atoms with Gasteiger partial charge in [-0.05, 0) is 89.2 Å². The first-order chi connectivity index (χ1) is 20.2. The summed E-state index contributed by atoms with van der Waals surface area (Å²) in [6.07, 6.45) is 3.45. The normalized spacial score (nSPS) is 19.8. The van der Waals surface area contributed by atoms with Crippen LogP contribution in [0, 0.1) is 24.7 Å². The van der Waals surface area contributed by atoms with Crippen LogP contribution in [0.5, 0.6) is 5.75 Å². The molecular formula is C36H43BrN2O4. The summed E-state index contributed by atoms with van der Waals surface area (Å²) in [4.78, 5) is 42.8. The minimum atomic E-state index is -0.413. The van der Waals surface area contributed by atoms with E-state index in [1.165, 1.54) is 0 Å². The number of halogens is 1. The maximum Gasteiger partial charge on any atom is 0.262 e. The number of nitrogens with one attached hydrogen (secondary N) is 1. The molecule has 43 heavy (non-hydrogen) atoms. The lowest BCUT2D eigenvalue weighted by Gasteiger charge is -2.49. The Hall–Kier alpha value is -3.19. The lowest BCUT2D eigenvalue weighted by Crippen LogP contribution is -2.44. The van der Waals surface area contributed by atoms with Crippen molar-refractivity contribution in [3.8, 4) is 5.75 Å². The van der Waals surface area contributed by atoms with Gasteiger partial charge in [0.15, 0.2) is 18.2 Å². The summed E-state index contributed by atoms with van der Waals surface area (Å²) in [5, 5.41) is 2.92. The van der Waals surface area contributed by atoms with Crippen LogP contribution in [0.25, 0.3) is 0 Å². The Morgan fingerprint density at radius 2 is 1.53 bits per heavy atom. The van der Waals surface area contributed by atoms with Gasteiger partial charge < -0.3 is 15.0 Å². The minimum absolute atomic E-state index is 0.126. The summed E-state index contributed by atoms with van der Waals surface area (Å²) in [6, 6.07) is 11.6. The Balaban J connectivity index is 1.48. The number of benzene rings is 2. The van der Waals surface area contributed by atoms with Crippen LogP contribution in [0.4, 0.5) is 5.69 Å². The number of aryl methyl sites for hydroxylation is 2. The summed E-state index contributed by atoms with van der Waals surface area (Å²) >= 11 is 3.66. The molecule has 2 aromatic rings. The Morgan fingerprint density at radius 3 is 2.07 bits per heavy atom. The molecular weight excluding hydrogens is 604 g/mol. The number of amides is 1. The molecule has 0 atom stereocenters. The largest absolute Gasteiger partial charge is 0.483 e. The molecule has 228 valence electrons. The van der Waals surface area contributed by atoms with Crippen LogP contribution in [-0.2, 0) is 14.4 Å². The van der Waals surface area contributed by atoms with Gasteiger partial charge in [-0.2, -0.15) is 0 Å². The van der Waals surface area contributed by atoms with Crippen molar-refractivity contribution in [2.24, 2.45) is 10.8 Å². The first-order valence-electron chi connectivity index (χ1n) is 15.3. The number of allylic oxidation sites excluding steroid dienone is 4. The molecule has 2 aromatic carbocycles. The highest BCUT2D eigenvalue weighted by Crippen LogP contribution is 2.54. The summed E-state index contributed by atoms with van der Waals surface area (Å²) in [5.41, 5.74) is 7.19. The van der Waals surface area contributed by atoms with Crippen LogP contribution in [-0.4, -0.2) is 35.5 Å². The van der Waals surface area contributed by atoms with Crippen molar-refractivity contribution in [1.29, 1.82) is 0 Å². The van der Waals surface area contributed by atoms with Crippen molar-refractivity contribution in [3.63, 3.8) is 0 Å². The molecule has 0 bridgehead atoms. The van der Waals surface area contributed by atoms with Crippen molar-refractivity contribution in [2.45, 2.75) is 86.5 Å². The zero-order chi connectivity index (χ0) is 31.3. The number of ether oxygens (including phenoxy) is 1. The molecule has 0 aromatic heterocycles. The minimum Gasteiger partial charge on any atom is -0.483 e. The van der Waals surface area contributed by atoms with Crippen molar-refractivity contribution < 1.29 is 19.1 Å². The lowest BCUT2D eigenvalue weighted by atomic mass is 9.63. The van der Waals surface area contributed by atoms with Gasteiger partial charge in [-0.1, -0.05) is 58.4 Å². The predicted octanol–water partition coefficient (Wildman–Crippen LogP) is 8.18. The number of Topliss-reactive ketones (excluding diaryl/α,β-unsaturated/α-hetero) is 2. The van der Waals surface area contributed by atoms with E-state index in [0.717, 1.165) is 70.7 Å². The van der Waals surface area contributed by atoms with E-state index in [1.807, 2.05) is 50.2 Å². The van der Waals surface area contributed by atoms with Crippen LogP contribution < -0.4 is 10.1 Å². The Morgan fingerprint density at radius 1 is 0.930 bits per heavy atom. The fraction of sp³-hybridized carbons (Fsp3) is 0.472. The second-order valence-corrected chi connectivity index (χ2v) is 14.9. The van der Waals surface area contributed by atoms with E-state index < -0.39 is 5.92 Å². The van der Waals surface area contributed by atoms with Crippen molar-refractivity contribution in [2.75, 3.05) is 18.5 Å². The molecule has 1 amide bonds. The second-order valence-electron chi connectivity index (χ2n) is 14.0. The molecule has 3 aliphatic rings. The standard InChI is InChI=1S/C36H43BrN2O4/c1-8-13-39-26-16-35(4,5)18-28(40)33(26)32(34-27(39)17-36(6,7)19-29(34)41)23-10-12-30(24(37)15-23)43-20-31(42)38-25-11-9-21(2)14-22(25)3/h9-12,14-15,32H,8,13,16-20H2,1-7H3,(H,38,42). The van der Waals surface area contributed by atoms with Gasteiger partial charge in [0.1, 0.15) is 5.75 Å². The number of anilines is 1. The van der Waals surface area contributed by atoms with E-state index >= 15 is 0 Å². The average Bonchev–Trinajstić information content (AvgIpc) is 2.89. The maximum absolute atomic E-state index is 13.9. The van der Waals surface area contributed by atoms with Gasteiger partial charge in [0.25, 0.3) is 5.91 Å². The van der Waals surface area contributed by atoms with Crippen LogP contribution >= 0.6 is 15.9 Å². The van der Waals surface area contributed by atoms with E-state index in [1.54, 1.807) is 0 Å². The molecule has 0 saturated heterocycles. The molecule has 5 rings (SSSR count). The summed E-state index contributed by atoms with van der Waals surface area (Å²) < 4.78 is 6.59. The van der Waals surface area contributed by atoms with Gasteiger partial charge >= 0.3 is 0 Å². The number of ketones is 2. The quantitative estimate of drug-likeness (QED) is 0.328. The maximum atomic E-state index is 13.9. The first kappa shape index (κ1) is 31.2. The SMILES string of the molecule is CCCN1C2=C(C(=O)CC(C)(C)C2)C(c2ccc(OCC(=O)Nc3ccc(C)cc3C)c(Br)c2)C2=C1CC(C)(C)CC2=O. The van der Waals surface area contributed by atoms with Gasteiger partial charge in [-0.25, -0.2) is 0 Å². The lowest BCUT2D eigenvalue weighted by molar-refractivity contribution is -0.120. The highest BCUT2D eigenvalue weighted by Gasteiger charge is 2.48. The molecule has 1 heterocycles. The fourth-order valence-corrected chi connectivity index (χ4v) is 7.48. The summed E-state index contributed by atoms with van der Waals surface area (Å²) in [6.45, 7) is 15.4. The first-order valence-corrected chi connectivity index (χ1v) is 16.1. The molecule has 0 fully saturated rings. The molecule has 1 N–H and O–H groups in total. The monoisotopic (exact) mass is 646 g/mol. The third kappa shape index (κ3) is 6.38. The van der Waals surface area contributed by atoms with Gasteiger partial charge in [0, 0.05) is 53.5 Å². The third-order valence-electron chi connectivity index (χ3n) is 8.77. The van der Waals surface area contributed by atoms with Crippen LogP contribution in [0.3, 0.4) is 0 Å². The number of nitrogens with zero attached hydrogens (tertiary/aromatic N) is 1. The Bertz CT molecular complexity index is 1510. The molecule has 0 radical (unpaired) electrons. The number of rotatable bonds is 7. The molecule has 7 heteroatoms. The third-order valence-corrected chi connectivity index (χ3v) is 9.39. The molecule has 6 nitrogen and oxygen atoms in total. The molecule has 1 aliphatic heterocycles. The Labute approximate surface area is 264 Å². The number of hydrogen-bond donors (Lipinski definition) is 1. The van der Waals surface area contributed by atoms with Crippen LogP contribution in [0.15, 0.2) is 63.4 Å². The highest BCUT2D eigenvalue weighted by atomic mass is 79.9. The van der Waals surface area contributed by atoms with E-state index in [4.69, 9.17) is 4.74 Å². The predicted molar refractivity (Wildman–Crippen MR) is 174 cm³/mol. The van der Waals surface area contributed by atoms with Crippen LogP contribution in [0.1, 0.15) is 89.3 Å². The van der Waals surface area contributed by atoms with Gasteiger partial charge in [0.05, 0.1) is 4.47 Å². The summed E-state index contributed by atoms with van der Waals surface area (Å²) in [7, 11) is 0. The highest BCUT2D eigenvalue weighted by molar-refractivity contribution is 9.10. The van der Waals surface area contributed by atoms with E-state index in [0.29, 0.717) is 23.1 Å². The van der Waals surface area contributed by atoms with Gasteiger partial charge in [-0.3, -0.25) is 14.4 Å². The average molecular weight is 648 g/mol. The molecule has 2 aliphatic carbocycles. The number of hydrogen-bond acceptors (Lipinski definition) is 5. The van der Waals surface area contributed by atoms with Crippen LogP contribution in [0.2, 0.25) is 0 Å². The fourth-order valence-electron chi connectivity index (χ4n) is 6.97. The second kappa shape index (κ2) is 11.7. The molecule has 0 saturated carbocycles. The molecule has 0 unspecified atom stereocenters. The number of carbonyl (C=O) groups excluding carboxylic acids is 3. The zero-order valence-corrected chi connectivity index (χ0v) is 28.0. The number of carbonyl (C=O) groups is 3.